The molecular formula is C27H41FN4O. The molecule has 1 aromatic heterocycles. The van der Waals surface area contributed by atoms with Gasteiger partial charge in [-0.2, -0.15) is 0 Å². The number of nitrogens with zero attached hydrogens (tertiary/aromatic N) is 4. The van der Waals surface area contributed by atoms with E-state index in [1.807, 2.05) is 6.92 Å². The lowest BCUT2D eigenvalue weighted by molar-refractivity contribution is -0.133. The van der Waals surface area contributed by atoms with Crippen LogP contribution in [0.3, 0.4) is 0 Å². The van der Waals surface area contributed by atoms with Crippen LogP contribution < -0.4 is 4.90 Å². The van der Waals surface area contributed by atoms with Gasteiger partial charge in [0.25, 0.3) is 0 Å². The number of amides is 1. The summed E-state index contributed by atoms with van der Waals surface area (Å²) in [5.41, 5.74) is 1.19. The van der Waals surface area contributed by atoms with E-state index in [0.29, 0.717) is 35.2 Å². The SMILES string of the molecule is CCc1ncnc(N2CCC3(CCCCN(C(=O)CC4CCC5(CCCC5)CC4)C3)C2)c1F. The summed E-state index contributed by atoms with van der Waals surface area (Å²) in [5, 5.41) is 0. The maximum atomic E-state index is 14.9. The molecule has 1 aromatic rings. The summed E-state index contributed by atoms with van der Waals surface area (Å²) >= 11 is 0. The Labute approximate surface area is 198 Å². The van der Waals surface area contributed by atoms with Crippen LogP contribution >= 0.6 is 0 Å². The van der Waals surface area contributed by atoms with Crippen LogP contribution in [0.1, 0.15) is 96.1 Å². The number of hydrogen-bond donors (Lipinski definition) is 0. The average Bonchev–Trinajstić information content (AvgIpc) is 3.39. The molecule has 0 N–H and O–H groups in total. The Morgan fingerprint density at radius 1 is 0.970 bits per heavy atom. The second-order valence-electron chi connectivity index (χ2n) is 11.6. The fourth-order valence-electron chi connectivity index (χ4n) is 7.39. The fourth-order valence-corrected chi connectivity index (χ4v) is 7.39. The van der Waals surface area contributed by atoms with Crippen molar-refractivity contribution in [3.8, 4) is 0 Å². The Morgan fingerprint density at radius 2 is 1.70 bits per heavy atom. The van der Waals surface area contributed by atoms with E-state index in [1.54, 1.807) is 0 Å². The van der Waals surface area contributed by atoms with Gasteiger partial charge in [0.1, 0.15) is 6.33 Å². The van der Waals surface area contributed by atoms with Crippen LogP contribution in [0.4, 0.5) is 10.2 Å². The number of carbonyl (C=O) groups excluding carboxylic acids is 1. The summed E-state index contributed by atoms with van der Waals surface area (Å²) in [4.78, 5) is 26.1. The van der Waals surface area contributed by atoms with Gasteiger partial charge in [-0.15, -0.1) is 0 Å². The van der Waals surface area contributed by atoms with E-state index in [4.69, 9.17) is 0 Å². The van der Waals surface area contributed by atoms with Crippen molar-refractivity contribution >= 4 is 11.7 Å². The number of aryl methyl sites for hydroxylation is 1. The van der Waals surface area contributed by atoms with Gasteiger partial charge in [0.05, 0.1) is 5.69 Å². The molecule has 3 heterocycles. The second kappa shape index (κ2) is 9.50. The van der Waals surface area contributed by atoms with Gasteiger partial charge >= 0.3 is 0 Å². The second-order valence-corrected chi connectivity index (χ2v) is 11.6. The molecule has 0 aromatic carbocycles. The highest BCUT2D eigenvalue weighted by atomic mass is 19.1. The zero-order chi connectivity index (χ0) is 22.9. The van der Waals surface area contributed by atoms with Crippen LogP contribution in [0.5, 0.6) is 0 Å². The summed E-state index contributed by atoms with van der Waals surface area (Å²) in [5.74, 6) is 1.12. The lowest BCUT2D eigenvalue weighted by atomic mass is 9.69. The Balaban J connectivity index is 1.21. The third-order valence-electron chi connectivity index (χ3n) is 9.47. The molecule has 0 radical (unpaired) electrons. The van der Waals surface area contributed by atoms with Crippen LogP contribution in [0.25, 0.3) is 0 Å². The van der Waals surface area contributed by atoms with E-state index in [9.17, 15) is 9.18 Å². The van der Waals surface area contributed by atoms with E-state index in [-0.39, 0.29) is 11.2 Å². The highest BCUT2D eigenvalue weighted by molar-refractivity contribution is 5.76. The highest BCUT2D eigenvalue weighted by Crippen LogP contribution is 2.51. The summed E-state index contributed by atoms with van der Waals surface area (Å²) in [6, 6.07) is 0. The summed E-state index contributed by atoms with van der Waals surface area (Å²) < 4.78 is 14.9. The number of aromatic nitrogens is 2. The van der Waals surface area contributed by atoms with Crippen molar-refractivity contribution in [2.75, 3.05) is 31.1 Å². The lowest BCUT2D eigenvalue weighted by Crippen LogP contribution is -2.42. The first-order valence-electron chi connectivity index (χ1n) is 13.5. The molecule has 2 aliphatic heterocycles. The first kappa shape index (κ1) is 23.0. The number of hydrogen-bond acceptors (Lipinski definition) is 4. The predicted octanol–water partition coefficient (Wildman–Crippen LogP) is 5.53. The van der Waals surface area contributed by atoms with Crippen LogP contribution in [-0.2, 0) is 11.2 Å². The molecule has 6 heteroatoms. The summed E-state index contributed by atoms with van der Waals surface area (Å²) in [6.07, 6.45) is 18.0. The van der Waals surface area contributed by atoms with Crippen LogP contribution in [0, 0.1) is 22.6 Å². The van der Waals surface area contributed by atoms with E-state index in [2.05, 4.69) is 19.8 Å². The van der Waals surface area contributed by atoms with Gasteiger partial charge in [-0.25, -0.2) is 14.4 Å². The molecule has 2 saturated carbocycles. The van der Waals surface area contributed by atoms with Crippen molar-refractivity contribution in [3.05, 3.63) is 17.8 Å². The standard InChI is InChI=1S/C27H41FN4O/c1-2-22-24(28)25(30-20-29-22)32-16-14-27(19-32)11-5-6-15-31(18-27)23(33)17-21-7-12-26(13-8-21)9-3-4-10-26/h20-21H,2-19H2,1H3. The zero-order valence-corrected chi connectivity index (χ0v) is 20.5. The maximum Gasteiger partial charge on any atom is 0.222 e. The number of anilines is 1. The first-order valence-corrected chi connectivity index (χ1v) is 13.5. The number of rotatable bonds is 4. The van der Waals surface area contributed by atoms with Gasteiger partial charge in [-0.3, -0.25) is 4.79 Å². The molecule has 1 unspecified atom stereocenters. The molecule has 0 bridgehead atoms. The number of carbonyl (C=O) groups is 1. The average molecular weight is 457 g/mol. The molecule has 2 spiro atoms. The van der Waals surface area contributed by atoms with Crippen molar-refractivity contribution in [1.29, 1.82) is 0 Å². The normalized spacial score (nSPS) is 28.1. The fraction of sp³-hybridized carbons (Fsp3) is 0.815. The van der Waals surface area contributed by atoms with Gasteiger partial charge in [-0.05, 0) is 75.5 Å². The van der Waals surface area contributed by atoms with Crippen molar-refractivity contribution in [2.24, 2.45) is 16.7 Å². The third kappa shape index (κ3) is 4.77. The molecule has 5 rings (SSSR count). The molecule has 4 fully saturated rings. The van der Waals surface area contributed by atoms with Crippen molar-refractivity contribution in [1.82, 2.24) is 14.9 Å². The smallest absolute Gasteiger partial charge is 0.222 e. The Hall–Kier alpha value is -1.72. The molecule has 2 saturated heterocycles. The number of halogens is 1. The quantitative estimate of drug-likeness (QED) is 0.598. The Morgan fingerprint density at radius 3 is 2.45 bits per heavy atom. The maximum absolute atomic E-state index is 14.9. The molecule has 1 atom stereocenters. The highest BCUT2D eigenvalue weighted by Gasteiger charge is 2.43. The predicted molar refractivity (Wildman–Crippen MR) is 129 cm³/mol. The minimum atomic E-state index is -0.268. The van der Waals surface area contributed by atoms with Crippen LogP contribution in [0.2, 0.25) is 0 Å². The molecular weight excluding hydrogens is 415 g/mol. The molecule has 182 valence electrons. The molecule has 4 aliphatic rings. The van der Waals surface area contributed by atoms with Crippen molar-refractivity contribution < 1.29 is 9.18 Å². The summed E-state index contributed by atoms with van der Waals surface area (Å²) in [6.45, 7) is 5.24. The first-order chi connectivity index (χ1) is 16.0. The van der Waals surface area contributed by atoms with Gasteiger partial charge in [0, 0.05) is 38.0 Å². The minimum absolute atomic E-state index is 0.0659. The van der Waals surface area contributed by atoms with E-state index in [1.165, 1.54) is 57.7 Å². The Kier molecular flexibility index (Phi) is 6.63. The van der Waals surface area contributed by atoms with E-state index in [0.717, 1.165) is 58.3 Å². The molecule has 33 heavy (non-hydrogen) atoms. The third-order valence-corrected chi connectivity index (χ3v) is 9.47. The zero-order valence-electron chi connectivity index (χ0n) is 20.5. The van der Waals surface area contributed by atoms with Crippen LogP contribution in [0.15, 0.2) is 6.33 Å². The van der Waals surface area contributed by atoms with Gasteiger partial charge in [-0.1, -0.05) is 26.2 Å². The van der Waals surface area contributed by atoms with Crippen molar-refractivity contribution in [3.63, 3.8) is 0 Å². The summed E-state index contributed by atoms with van der Waals surface area (Å²) in [7, 11) is 0. The molecule has 5 nitrogen and oxygen atoms in total. The monoisotopic (exact) mass is 456 g/mol. The van der Waals surface area contributed by atoms with Crippen molar-refractivity contribution in [2.45, 2.75) is 96.8 Å². The van der Waals surface area contributed by atoms with Crippen LogP contribution in [-0.4, -0.2) is 47.0 Å². The van der Waals surface area contributed by atoms with Gasteiger partial charge in [0.2, 0.25) is 5.91 Å². The minimum Gasteiger partial charge on any atom is -0.353 e. The largest absolute Gasteiger partial charge is 0.353 e. The molecule has 1 amide bonds. The molecule has 2 aliphatic carbocycles. The lowest BCUT2D eigenvalue weighted by Gasteiger charge is -2.38. The van der Waals surface area contributed by atoms with E-state index >= 15 is 0 Å². The Bertz CT molecular complexity index is 845. The van der Waals surface area contributed by atoms with Gasteiger partial charge < -0.3 is 9.80 Å². The van der Waals surface area contributed by atoms with E-state index < -0.39 is 0 Å². The van der Waals surface area contributed by atoms with Gasteiger partial charge in [0.15, 0.2) is 11.6 Å². The topological polar surface area (TPSA) is 49.3 Å². The number of likely N-dealkylation sites (tertiary alicyclic amines) is 1.